The van der Waals surface area contributed by atoms with Crippen molar-refractivity contribution in [1.82, 2.24) is 14.8 Å². The van der Waals surface area contributed by atoms with Crippen LogP contribution < -0.4 is 0 Å². The van der Waals surface area contributed by atoms with Gasteiger partial charge < -0.3 is 0 Å². The van der Waals surface area contributed by atoms with E-state index in [1.165, 1.54) is 14.2 Å². The smallest absolute Gasteiger partial charge is 0.274 e. The van der Waals surface area contributed by atoms with E-state index in [9.17, 15) is 18.0 Å². The van der Waals surface area contributed by atoms with E-state index in [0.29, 0.717) is 10.6 Å². The number of hydrogen-bond acceptors (Lipinski definition) is 3. The predicted octanol–water partition coefficient (Wildman–Crippen LogP) is 4.62. The quantitative estimate of drug-likeness (QED) is 0.652. The first-order valence-corrected chi connectivity index (χ1v) is 8.16. The summed E-state index contributed by atoms with van der Waals surface area (Å²) in [7, 11) is 2.50. The molecule has 0 radical (unpaired) electrons. The molecule has 1 atom stereocenters. The fraction of sp³-hybridized carbons (Fsp3) is 0.333. The molecule has 2 rings (SSSR count). The zero-order chi connectivity index (χ0) is 18.9. The second-order valence-electron chi connectivity index (χ2n) is 5.22. The van der Waals surface area contributed by atoms with E-state index in [1.54, 1.807) is 25.1 Å². The Morgan fingerprint density at radius 1 is 1.44 bits per heavy atom. The highest BCUT2D eigenvalue weighted by atomic mass is 79.9. The first-order chi connectivity index (χ1) is 11.6. The number of rotatable bonds is 4. The lowest BCUT2D eigenvalue weighted by molar-refractivity contribution is -0.143. The standard InChI is InChI=1S/C15H14BrClF3N3O2/c1-8(10-5-4-9(16)6-12(10)17)23(25-3)14(24)11-7-22(2)21-13(11)15(18,19)20/h4-8H,1-3H3. The minimum Gasteiger partial charge on any atom is -0.274 e. The average molecular weight is 441 g/mol. The van der Waals surface area contributed by atoms with Gasteiger partial charge in [-0.05, 0) is 24.6 Å². The maximum atomic E-state index is 13.1. The summed E-state index contributed by atoms with van der Waals surface area (Å²) in [5.41, 5.74) is -1.34. The number of aryl methyl sites for hydroxylation is 1. The van der Waals surface area contributed by atoms with Crippen LogP contribution in [0.15, 0.2) is 28.9 Å². The summed E-state index contributed by atoms with van der Waals surface area (Å²) >= 11 is 9.43. The van der Waals surface area contributed by atoms with Crippen molar-refractivity contribution in [3.05, 3.63) is 50.7 Å². The third-order valence-corrected chi connectivity index (χ3v) is 4.31. The molecule has 25 heavy (non-hydrogen) atoms. The number of hydroxylamine groups is 2. The van der Waals surface area contributed by atoms with Crippen molar-refractivity contribution in [2.75, 3.05) is 7.11 Å². The monoisotopic (exact) mass is 439 g/mol. The molecule has 1 aromatic carbocycles. The van der Waals surface area contributed by atoms with E-state index < -0.39 is 29.4 Å². The summed E-state index contributed by atoms with van der Waals surface area (Å²) in [4.78, 5) is 17.7. The summed E-state index contributed by atoms with van der Waals surface area (Å²) in [6.45, 7) is 1.60. The Hall–Kier alpha value is -1.58. The number of halogens is 5. The van der Waals surface area contributed by atoms with Crippen molar-refractivity contribution < 1.29 is 22.8 Å². The maximum absolute atomic E-state index is 13.1. The summed E-state index contributed by atoms with van der Waals surface area (Å²) in [5, 5.41) is 4.52. The van der Waals surface area contributed by atoms with Gasteiger partial charge in [0, 0.05) is 22.7 Å². The van der Waals surface area contributed by atoms with Crippen molar-refractivity contribution in [1.29, 1.82) is 0 Å². The molecular formula is C15H14BrClF3N3O2. The van der Waals surface area contributed by atoms with Gasteiger partial charge in [0.15, 0.2) is 5.69 Å². The second kappa shape index (κ2) is 7.35. The Morgan fingerprint density at radius 2 is 2.08 bits per heavy atom. The molecule has 0 fully saturated rings. The van der Waals surface area contributed by atoms with Crippen LogP contribution in [0.2, 0.25) is 5.02 Å². The molecule has 0 N–H and O–H groups in total. The molecule has 0 saturated carbocycles. The Kier molecular flexibility index (Phi) is 5.80. The molecular weight excluding hydrogens is 427 g/mol. The largest absolute Gasteiger partial charge is 0.435 e. The maximum Gasteiger partial charge on any atom is 0.435 e. The van der Waals surface area contributed by atoms with Gasteiger partial charge >= 0.3 is 6.18 Å². The van der Waals surface area contributed by atoms with E-state index in [-0.39, 0.29) is 0 Å². The van der Waals surface area contributed by atoms with Crippen molar-refractivity contribution in [2.45, 2.75) is 19.1 Å². The summed E-state index contributed by atoms with van der Waals surface area (Å²) in [6, 6.07) is 4.27. The molecule has 0 aliphatic heterocycles. The summed E-state index contributed by atoms with van der Waals surface area (Å²) in [5.74, 6) is -0.964. The zero-order valence-corrected chi connectivity index (χ0v) is 15.8. The van der Waals surface area contributed by atoms with Crippen molar-refractivity contribution in [2.24, 2.45) is 7.05 Å². The van der Waals surface area contributed by atoms with Crippen LogP contribution in [0.25, 0.3) is 0 Å². The third-order valence-electron chi connectivity index (χ3n) is 3.49. The minimum atomic E-state index is -4.76. The molecule has 136 valence electrons. The van der Waals surface area contributed by atoms with Gasteiger partial charge in [-0.3, -0.25) is 14.3 Å². The molecule has 2 aromatic rings. The number of hydrogen-bond donors (Lipinski definition) is 0. The number of carbonyl (C=O) groups excluding carboxylic acids is 1. The zero-order valence-electron chi connectivity index (χ0n) is 13.4. The van der Waals surface area contributed by atoms with Crippen LogP contribution in [0.4, 0.5) is 13.2 Å². The molecule has 10 heteroatoms. The van der Waals surface area contributed by atoms with Gasteiger partial charge in [-0.25, -0.2) is 5.06 Å². The van der Waals surface area contributed by atoms with Crippen LogP contribution in [-0.2, 0) is 18.1 Å². The van der Waals surface area contributed by atoms with Gasteiger partial charge in [-0.2, -0.15) is 18.3 Å². The highest BCUT2D eigenvalue weighted by molar-refractivity contribution is 9.10. The number of amides is 1. The van der Waals surface area contributed by atoms with E-state index in [1.807, 2.05) is 0 Å². The number of nitrogens with zero attached hydrogens (tertiary/aromatic N) is 3. The van der Waals surface area contributed by atoms with E-state index in [4.69, 9.17) is 16.4 Å². The number of carbonyl (C=O) groups is 1. The van der Waals surface area contributed by atoms with Crippen LogP contribution in [0.5, 0.6) is 0 Å². The Labute approximate surface area is 155 Å². The second-order valence-corrected chi connectivity index (χ2v) is 6.54. The van der Waals surface area contributed by atoms with Gasteiger partial charge in [0.05, 0.1) is 18.7 Å². The molecule has 5 nitrogen and oxygen atoms in total. The van der Waals surface area contributed by atoms with Crippen LogP contribution in [-0.4, -0.2) is 27.9 Å². The lowest BCUT2D eigenvalue weighted by Crippen LogP contribution is -2.33. The minimum absolute atomic E-state index is 0.346. The summed E-state index contributed by atoms with van der Waals surface area (Å²) < 4.78 is 41.0. The van der Waals surface area contributed by atoms with Crippen molar-refractivity contribution in [3.8, 4) is 0 Å². The molecule has 0 bridgehead atoms. The van der Waals surface area contributed by atoms with Crippen molar-refractivity contribution >= 4 is 33.4 Å². The average Bonchev–Trinajstić information content (AvgIpc) is 2.90. The van der Waals surface area contributed by atoms with E-state index in [0.717, 1.165) is 20.4 Å². The molecule has 1 aromatic heterocycles. The molecule has 1 unspecified atom stereocenters. The van der Waals surface area contributed by atoms with Crippen LogP contribution in [0.3, 0.4) is 0 Å². The van der Waals surface area contributed by atoms with Crippen LogP contribution >= 0.6 is 27.5 Å². The first-order valence-electron chi connectivity index (χ1n) is 6.99. The van der Waals surface area contributed by atoms with Crippen molar-refractivity contribution in [3.63, 3.8) is 0 Å². The third kappa shape index (κ3) is 4.16. The SMILES string of the molecule is CON(C(=O)c1cn(C)nc1C(F)(F)F)C(C)c1ccc(Br)cc1Cl. The first kappa shape index (κ1) is 19.7. The van der Waals surface area contributed by atoms with Gasteiger partial charge in [-0.15, -0.1) is 0 Å². The lowest BCUT2D eigenvalue weighted by atomic mass is 10.1. The Bertz CT molecular complexity index is 795. The molecule has 0 aliphatic carbocycles. The normalized spacial score (nSPS) is 13.0. The number of aromatic nitrogens is 2. The van der Waals surface area contributed by atoms with Gasteiger partial charge in [-0.1, -0.05) is 33.6 Å². The highest BCUT2D eigenvalue weighted by Crippen LogP contribution is 2.34. The highest BCUT2D eigenvalue weighted by Gasteiger charge is 2.41. The molecule has 0 saturated heterocycles. The fourth-order valence-electron chi connectivity index (χ4n) is 2.36. The van der Waals surface area contributed by atoms with Gasteiger partial charge in [0.2, 0.25) is 0 Å². The molecule has 0 aliphatic rings. The van der Waals surface area contributed by atoms with Gasteiger partial charge in [0.25, 0.3) is 5.91 Å². The van der Waals surface area contributed by atoms with E-state index >= 15 is 0 Å². The van der Waals surface area contributed by atoms with Crippen LogP contribution in [0.1, 0.15) is 34.6 Å². The molecule has 1 heterocycles. The number of alkyl halides is 3. The van der Waals surface area contributed by atoms with Crippen LogP contribution in [0, 0.1) is 0 Å². The fourth-order valence-corrected chi connectivity index (χ4v) is 3.19. The topological polar surface area (TPSA) is 47.4 Å². The molecule has 1 amide bonds. The predicted molar refractivity (Wildman–Crippen MR) is 89.0 cm³/mol. The Balaban J connectivity index is 2.42. The molecule has 0 spiro atoms. The summed E-state index contributed by atoms with van der Waals surface area (Å²) in [6.07, 6.45) is -3.75. The Morgan fingerprint density at radius 3 is 2.60 bits per heavy atom. The van der Waals surface area contributed by atoms with E-state index in [2.05, 4.69) is 21.0 Å². The van der Waals surface area contributed by atoms with Gasteiger partial charge in [0.1, 0.15) is 0 Å². The lowest BCUT2D eigenvalue weighted by Gasteiger charge is -2.27. The number of benzene rings is 1.